The maximum atomic E-state index is 9.20. The summed E-state index contributed by atoms with van der Waals surface area (Å²) in [6, 6.07) is 4.04. The Balaban J connectivity index is 1.64. The average Bonchev–Trinajstić information content (AvgIpc) is 2.37. The van der Waals surface area contributed by atoms with Crippen LogP contribution in [0.25, 0.3) is 0 Å². The van der Waals surface area contributed by atoms with E-state index in [1.54, 1.807) is 12.3 Å². The summed E-state index contributed by atoms with van der Waals surface area (Å²) in [4.78, 5) is 0. The molecule has 1 aromatic heterocycles. The van der Waals surface area contributed by atoms with Gasteiger partial charge < -0.3 is 0 Å². The zero-order valence-corrected chi connectivity index (χ0v) is 11.7. The lowest BCUT2D eigenvalue weighted by atomic mass is 9.56. The van der Waals surface area contributed by atoms with Gasteiger partial charge in [-0.3, -0.25) is 0 Å². The van der Waals surface area contributed by atoms with Crippen molar-refractivity contribution >= 4 is 11.8 Å². The third-order valence-electron chi connectivity index (χ3n) is 5.10. The average molecular weight is 271 g/mol. The van der Waals surface area contributed by atoms with Crippen LogP contribution in [0.4, 0.5) is 0 Å². The first-order chi connectivity index (χ1) is 9.26. The van der Waals surface area contributed by atoms with Crippen LogP contribution in [0.5, 0.6) is 0 Å². The lowest BCUT2D eigenvalue weighted by molar-refractivity contribution is 0.0383. The highest BCUT2D eigenvalue weighted by Crippen LogP contribution is 2.61. The fourth-order valence-corrected chi connectivity index (χ4v) is 6.52. The van der Waals surface area contributed by atoms with E-state index in [0.29, 0.717) is 10.3 Å². The molecule has 3 nitrogen and oxygen atoms in total. The first-order valence-corrected chi connectivity index (χ1v) is 7.99. The predicted octanol–water partition coefficient (Wildman–Crippen LogP) is 3.41. The second-order valence-corrected chi connectivity index (χ2v) is 8.02. The third-order valence-corrected chi connectivity index (χ3v) is 6.53. The highest BCUT2D eigenvalue weighted by molar-refractivity contribution is 8.00. The van der Waals surface area contributed by atoms with Gasteiger partial charge >= 0.3 is 0 Å². The van der Waals surface area contributed by atoms with Crippen LogP contribution >= 0.6 is 11.8 Å². The molecule has 0 N–H and O–H groups in total. The molecule has 5 rings (SSSR count). The third kappa shape index (κ3) is 1.95. The van der Waals surface area contributed by atoms with Crippen LogP contribution in [-0.2, 0) is 0 Å². The molecule has 0 amide bonds. The summed E-state index contributed by atoms with van der Waals surface area (Å²) in [5, 5.41) is 18.2. The summed E-state index contributed by atoms with van der Waals surface area (Å²) < 4.78 is 0.358. The highest BCUT2D eigenvalue weighted by Gasteiger charge is 2.51. The van der Waals surface area contributed by atoms with Crippen molar-refractivity contribution < 1.29 is 0 Å². The van der Waals surface area contributed by atoms with Crippen molar-refractivity contribution in [3.8, 4) is 6.07 Å². The molecule has 4 heteroatoms. The molecule has 1 heterocycles. The van der Waals surface area contributed by atoms with E-state index >= 15 is 0 Å². The second kappa shape index (κ2) is 4.21. The first kappa shape index (κ1) is 11.7. The van der Waals surface area contributed by atoms with Crippen LogP contribution < -0.4 is 0 Å². The van der Waals surface area contributed by atoms with Crippen LogP contribution in [0.15, 0.2) is 17.3 Å². The molecule has 4 fully saturated rings. The Kier molecular flexibility index (Phi) is 2.60. The topological polar surface area (TPSA) is 49.6 Å². The summed E-state index contributed by atoms with van der Waals surface area (Å²) >= 11 is 1.86. The van der Waals surface area contributed by atoms with Crippen molar-refractivity contribution in [2.24, 2.45) is 17.8 Å². The number of nitriles is 1. The van der Waals surface area contributed by atoms with Crippen LogP contribution in [-0.4, -0.2) is 14.9 Å². The number of nitrogens with zero attached hydrogens (tertiary/aromatic N) is 3. The van der Waals surface area contributed by atoms with Crippen molar-refractivity contribution in [1.29, 1.82) is 5.26 Å². The second-order valence-electron chi connectivity index (χ2n) is 6.56. The van der Waals surface area contributed by atoms with Crippen molar-refractivity contribution in [2.75, 3.05) is 0 Å². The fourth-order valence-electron chi connectivity index (χ4n) is 4.84. The van der Waals surface area contributed by atoms with Gasteiger partial charge in [-0.2, -0.15) is 10.4 Å². The minimum absolute atomic E-state index is 0.358. The number of aromatic nitrogens is 2. The van der Waals surface area contributed by atoms with Gasteiger partial charge in [0.25, 0.3) is 0 Å². The standard InChI is InChI=1S/C15H17N3S/c16-9-13-1-2-17-18-14(13)19-15-6-10-3-11(7-15)5-12(4-10)8-15/h1-2,10-12H,3-8H2. The number of hydrogen-bond donors (Lipinski definition) is 0. The maximum absolute atomic E-state index is 9.20. The van der Waals surface area contributed by atoms with Gasteiger partial charge in [-0.15, -0.1) is 5.10 Å². The molecule has 4 bridgehead atoms. The molecule has 0 atom stereocenters. The summed E-state index contributed by atoms with van der Waals surface area (Å²) in [7, 11) is 0. The molecular weight excluding hydrogens is 254 g/mol. The number of hydrogen-bond acceptors (Lipinski definition) is 4. The smallest absolute Gasteiger partial charge is 0.137 e. The summed E-state index contributed by atoms with van der Waals surface area (Å²) in [6.45, 7) is 0. The first-order valence-electron chi connectivity index (χ1n) is 7.17. The van der Waals surface area contributed by atoms with Crippen molar-refractivity contribution in [2.45, 2.75) is 48.3 Å². The van der Waals surface area contributed by atoms with Gasteiger partial charge in [0.15, 0.2) is 0 Å². The lowest BCUT2D eigenvalue weighted by Gasteiger charge is -2.56. The van der Waals surface area contributed by atoms with Gasteiger partial charge in [-0.25, -0.2) is 0 Å². The quantitative estimate of drug-likeness (QED) is 0.827. The summed E-state index contributed by atoms with van der Waals surface area (Å²) in [5.74, 6) is 2.79. The van der Waals surface area contributed by atoms with Crippen molar-refractivity contribution in [3.05, 3.63) is 17.8 Å². The van der Waals surface area contributed by atoms with Gasteiger partial charge in [-0.05, 0) is 62.3 Å². The van der Waals surface area contributed by atoms with Crippen LogP contribution in [0.1, 0.15) is 44.1 Å². The van der Waals surface area contributed by atoms with E-state index in [-0.39, 0.29) is 0 Å². The van der Waals surface area contributed by atoms with Gasteiger partial charge in [-0.1, -0.05) is 11.8 Å². The Hall–Kier alpha value is -1.08. The molecule has 0 radical (unpaired) electrons. The molecule has 0 unspecified atom stereocenters. The molecule has 4 aliphatic rings. The normalized spacial score (nSPS) is 39.2. The Morgan fingerprint density at radius 3 is 2.37 bits per heavy atom. The molecule has 98 valence electrons. The molecule has 1 aromatic rings. The monoisotopic (exact) mass is 271 g/mol. The molecule has 4 saturated carbocycles. The molecular formula is C15H17N3S. The van der Waals surface area contributed by atoms with E-state index in [2.05, 4.69) is 16.3 Å². The fraction of sp³-hybridized carbons (Fsp3) is 0.667. The van der Waals surface area contributed by atoms with Gasteiger partial charge in [0.2, 0.25) is 0 Å². The van der Waals surface area contributed by atoms with Crippen LogP contribution in [0, 0.1) is 29.1 Å². The van der Waals surface area contributed by atoms with Crippen molar-refractivity contribution in [3.63, 3.8) is 0 Å². The minimum Gasteiger partial charge on any atom is -0.192 e. The largest absolute Gasteiger partial charge is 0.192 e. The summed E-state index contributed by atoms with van der Waals surface area (Å²) in [5.41, 5.74) is 0.691. The summed E-state index contributed by atoms with van der Waals surface area (Å²) in [6.07, 6.45) is 9.94. The van der Waals surface area contributed by atoms with E-state index in [9.17, 15) is 5.26 Å². The molecule has 0 spiro atoms. The highest BCUT2D eigenvalue weighted by atomic mass is 32.2. The van der Waals surface area contributed by atoms with E-state index in [1.165, 1.54) is 38.5 Å². The van der Waals surface area contributed by atoms with E-state index in [1.807, 2.05) is 11.8 Å². The SMILES string of the molecule is N#Cc1ccnnc1SC12CC3CC(CC(C3)C1)C2. The van der Waals surface area contributed by atoms with E-state index in [0.717, 1.165) is 22.8 Å². The molecule has 0 aromatic carbocycles. The van der Waals surface area contributed by atoms with Gasteiger partial charge in [0.1, 0.15) is 11.1 Å². The minimum atomic E-state index is 0.358. The Morgan fingerprint density at radius 1 is 1.16 bits per heavy atom. The predicted molar refractivity (Wildman–Crippen MR) is 73.5 cm³/mol. The molecule has 0 aliphatic heterocycles. The number of rotatable bonds is 2. The maximum Gasteiger partial charge on any atom is 0.137 e. The zero-order valence-electron chi connectivity index (χ0n) is 10.9. The Labute approximate surface area is 117 Å². The molecule has 0 saturated heterocycles. The van der Waals surface area contributed by atoms with Crippen LogP contribution in [0.2, 0.25) is 0 Å². The number of thioether (sulfide) groups is 1. The molecule has 4 aliphatic carbocycles. The Bertz CT molecular complexity index is 513. The molecule has 19 heavy (non-hydrogen) atoms. The van der Waals surface area contributed by atoms with Gasteiger partial charge in [0, 0.05) is 4.75 Å². The Morgan fingerprint density at radius 2 is 1.79 bits per heavy atom. The van der Waals surface area contributed by atoms with E-state index < -0.39 is 0 Å². The van der Waals surface area contributed by atoms with Crippen LogP contribution in [0.3, 0.4) is 0 Å². The zero-order chi connectivity index (χ0) is 12.9. The lowest BCUT2D eigenvalue weighted by Crippen LogP contribution is -2.48. The van der Waals surface area contributed by atoms with E-state index in [4.69, 9.17) is 0 Å². The van der Waals surface area contributed by atoms with Gasteiger partial charge in [0.05, 0.1) is 11.8 Å². The van der Waals surface area contributed by atoms with Crippen molar-refractivity contribution in [1.82, 2.24) is 10.2 Å².